The van der Waals surface area contributed by atoms with Crippen LogP contribution in [-0.2, 0) is 37.9 Å². The number of fused-ring (bicyclic) bond motifs is 1. The highest BCUT2D eigenvalue weighted by Crippen LogP contribution is 2.17. The first-order valence-electron chi connectivity index (χ1n) is 10.4. The zero-order valence-corrected chi connectivity index (χ0v) is 18.1. The summed E-state index contributed by atoms with van der Waals surface area (Å²) in [5.41, 5.74) is 2.07. The summed E-state index contributed by atoms with van der Waals surface area (Å²) in [6, 6.07) is 16.6. The first kappa shape index (κ1) is 21.4. The van der Waals surface area contributed by atoms with Crippen molar-refractivity contribution < 1.29 is 14.3 Å². The fraction of sp³-hybridized carbons (Fsp3) is 0.292. The van der Waals surface area contributed by atoms with E-state index in [0.717, 1.165) is 11.1 Å². The van der Waals surface area contributed by atoms with Gasteiger partial charge in [-0.3, -0.25) is 9.36 Å². The maximum absolute atomic E-state index is 13.2. The van der Waals surface area contributed by atoms with Crippen molar-refractivity contribution in [3.05, 3.63) is 97.8 Å². The molecule has 0 radical (unpaired) electrons. The third kappa shape index (κ3) is 4.30. The van der Waals surface area contributed by atoms with E-state index >= 15 is 0 Å². The van der Waals surface area contributed by atoms with E-state index in [1.807, 2.05) is 48.5 Å². The van der Waals surface area contributed by atoms with Crippen LogP contribution in [0.2, 0.25) is 0 Å². The summed E-state index contributed by atoms with van der Waals surface area (Å²) in [5.74, 6) is 0.685. The Labute approximate surface area is 185 Å². The van der Waals surface area contributed by atoms with Crippen molar-refractivity contribution in [3.8, 4) is 5.75 Å². The van der Waals surface area contributed by atoms with Gasteiger partial charge in [0.15, 0.2) is 0 Å². The lowest BCUT2D eigenvalue weighted by Gasteiger charge is -2.29. The monoisotopic (exact) mass is 435 g/mol. The Balaban J connectivity index is 1.54. The van der Waals surface area contributed by atoms with Crippen LogP contribution in [0.5, 0.6) is 5.75 Å². The predicted octanol–water partition coefficient (Wildman–Crippen LogP) is 2.30. The van der Waals surface area contributed by atoms with Gasteiger partial charge in [-0.1, -0.05) is 42.5 Å². The topological polar surface area (TPSA) is 82.8 Å². The predicted molar refractivity (Wildman–Crippen MR) is 119 cm³/mol. The quantitative estimate of drug-likeness (QED) is 0.614. The number of hydrogen-bond donors (Lipinski definition) is 0. The molecule has 8 heteroatoms. The number of benzene rings is 2. The van der Waals surface area contributed by atoms with Crippen LogP contribution < -0.4 is 16.0 Å². The van der Waals surface area contributed by atoms with Gasteiger partial charge < -0.3 is 18.9 Å². The van der Waals surface area contributed by atoms with Crippen LogP contribution >= 0.6 is 0 Å². The number of rotatable bonds is 5. The number of carbonyl (C=O) groups is 1. The summed E-state index contributed by atoms with van der Waals surface area (Å²) < 4.78 is 13.4. The van der Waals surface area contributed by atoms with E-state index in [4.69, 9.17) is 9.47 Å². The van der Waals surface area contributed by atoms with Gasteiger partial charge in [-0.15, -0.1) is 0 Å². The minimum atomic E-state index is -0.499. The third-order valence-electron chi connectivity index (χ3n) is 5.68. The lowest BCUT2D eigenvalue weighted by atomic mass is 10.1. The molecule has 0 unspecified atom stereocenters. The van der Waals surface area contributed by atoms with Crippen molar-refractivity contribution in [2.24, 2.45) is 7.05 Å². The molecule has 166 valence electrons. The number of amides is 1. The number of ether oxygens (including phenoxy) is 2. The highest BCUT2D eigenvalue weighted by Gasteiger charge is 2.27. The molecule has 2 heterocycles. The third-order valence-corrected chi connectivity index (χ3v) is 5.68. The van der Waals surface area contributed by atoms with E-state index in [0.29, 0.717) is 30.0 Å². The van der Waals surface area contributed by atoms with Gasteiger partial charge >= 0.3 is 11.8 Å². The molecular formula is C24H25N3O5. The summed E-state index contributed by atoms with van der Waals surface area (Å²) in [7, 11) is 3.24. The second-order valence-electron chi connectivity index (χ2n) is 7.72. The Morgan fingerprint density at radius 1 is 1.03 bits per heavy atom. The highest BCUT2D eigenvalue weighted by molar-refractivity contribution is 5.68. The van der Waals surface area contributed by atoms with Gasteiger partial charge in [0.2, 0.25) is 0 Å². The zero-order valence-electron chi connectivity index (χ0n) is 18.1. The highest BCUT2D eigenvalue weighted by atomic mass is 16.6. The molecule has 3 aromatic rings. The van der Waals surface area contributed by atoms with E-state index in [2.05, 4.69) is 0 Å². The summed E-state index contributed by atoms with van der Waals surface area (Å²) in [6.45, 7) is 0.762. The molecule has 0 spiro atoms. The van der Waals surface area contributed by atoms with E-state index in [1.54, 1.807) is 20.2 Å². The average molecular weight is 435 g/mol. The van der Waals surface area contributed by atoms with Crippen LogP contribution in [0.4, 0.5) is 4.79 Å². The lowest BCUT2D eigenvalue weighted by molar-refractivity contribution is 0.0909. The van der Waals surface area contributed by atoms with Gasteiger partial charge in [0.05, 0.1) is 25.8 Å². The molecule has 0 N–H and O–H groups in total. The molecule has 0 saturated heterocycles. The summed E-state index contributed by atoms with van der Waals surface area (Å²) in [6.07, 6.45) is -0.0853. The molecule has 1 aliphatic heterocycles. The zero-order chi connectivity index (χ0) is 22.7. The fourth-order valence-electron chi connectivity index (χ4n) is 3.92. The Morgan fingerprint density at radius 3 is 2.53 bits per heavy atom. The maximum atomic E-state index is 13.2. The molecule has 1 aliphatic rings. The van der Waals surface area contributed by atoms with Crippen LogP contribution in [0.3, 0.4) is 0 Å². The van der Waals surface area contributed by atoms with Crippen LogP contribution in [-0.4, -0.2) is 33.8 Å². The van der Waals surface area contributed by atoms with Crippen molar-refractivity contribution in [2.75, 3.05) is 13.7 Å². The summed E-state index contributed by atoms with van der Waals surface area (Å²) in [5, 5.41) is 0. The Bertz CT molecular complexity index is 1250. The number of methoxy groups -OCH3 is 1. The average Bonchev–Trinajstić information content (AvgIpc) is 2.84. The standard InChI is InChI=1S/C24H25N3O5/c1-25-21-11-12-26(24(30)32-16-18-9-6-10-19(13-18)31-2)15-20(21)22(28)27(23(25)29)14-17-7-4-3-5-8-17/h3-10,13H,11-12,14-16H2,1-2H3. The van der Waals surface area contributed by atoms with Gasteiger partial charge in [-0.2, -0.15) is 0 Å². The van der Waals surface area contributed by atoms with Crippen molar-refractivity contribution >= 4 is 6.09 Å². The van der Waals surface area contributed by atoms with Crippen molar-refractivity contribution in [2.45, 2.75) is 26.1 Å². The van der Waals surface area contributed by atoms with Crippen molar-refractivity contribution in [1.82, 2.24) is 14.0 Å². The Morgan fingerprint density at radius 2 is 1.78 bits per heavy atom. The molecule has 1 aromatic heterocycles. The van der Waals surface area contributed by atoms with Crippen LogP contribution in [0.15, 0.2) is 64.2 Å². The summed E-state index contributed by atoms with van der Waals surface area (Å²) in [4.78, 5) is 40.1. The molecule has 4 rings (SSSR count). The van der Waals surface area contributed by atoms with Gasteiger partial charge in [0.1, 0.15) is 12.4 Å². The van der Waals surface area contributed by atoms with E-state index in [9.17, 15) is 14.4 Å². The fourth-order valence-corrected chi connectivity index (χ4v) is 3.92. The Hall–Kier alpha value is -3.81. The van der Waals surface area contributed by atoms with E-state index in [-0.39, 0.29) is 30.9 Å². The molecule has 8 nitrogen and oxygen atoms in total. The number of nitrogens with zero attached hydrogens (tertiary/aromatic N) is 3. The lowest BCUT2D eigenvalue weighted by Crippen LogP contribution is -2.48. The molecule has 32 heavy (non-hydrogen) atoms. The first-order chi connectivity index (χ1) is 15.5. The SMILES string of the molecule is COc1cccc(COC(=O)N2CCc3c(c(=O)n(Cc4ccccc4)c(=O)n3C)C2)c1. The molecule has 0 saturated carbocycles. The molecule has 0 bridgehead atoms. The smallest absolute Gasteiger partial charge is 0.410 e. The van der Waals surface area contributed by atoms with Crippen molar-refractivity contribution in [3.63, 3.8) is 0 Å². The van der Waals surface area contributed by atoms with Gasteiger partial charge in [-0.25, -0.2) is 9.59 Å². The van der Waals surface area contributed by atoms with Gasteiger partial charge in [0.25, 0.3) is 5.56 Å². The number of aromatic nitrogens is 2. The van der Waals surface area contributed by atoms with E-state index in [1.165, 1.54) is 14.0 Å². The maximum Gasteiger partial charge on any atom is 0.410 e. The molecule has 0 fully saturated rings. The van der Waals surface area contributed by atoms with Gasteiger partial charge in [-0.05, 0) is 23.3 Å². The molecule has 1 amide bonds. The molecule has 0 atom stereocenters. The molecule has 2 aromatic carbocycles. The second kappa shape index (κ2) is 9.13. The number of hydrogen-bond acceptors (Lipinski definition) is 5. The minimum Gasteiger partial charge on any atom is -0.497 e. The second-order valence-corrected chi connectivity index (χ2v) is 7.72. The normalized spacial score (nSPS) is 12.9. The van der Waals surface area contributed by atoms with Crippen LogP contribution in [0.25, 0.3) is 0 Å². The van der Waals surface area contributed by atoms with E-state index < -0.39 is 6.09 Å². The van der Waals surface area contributed by atoms with Gasteiger partial charge in [0, 0.05) is 25.7 Å². The molecular weight excluding hydrogens is 410 g/mol. The number of carbonyl (C=O) groups excluding carboxylic acids is 1. The summed E-state index contributed by atoms with van der Waals surface area (Å²) >= 11 is 0. The minimum absolute atomic E-state index is 0.102. The van der Waals surface area contributed by atoms with Crippen molar-refractivity contribution in [1.29, 1.82) is 0 Å². The molecule has 0 aliphatic carbocycles. The Kier molecular flexibility index (Phi) is 6.11. The largest absolute Gasteiger partial charge is 0.497 e. The first-order valence-corrected chi connectivity index (χ1v) is 10.4. The van der Waals surface area contributed by atoms with Crippen LogP contribution in [0, 0.1) is 0 Å². The van der Waals surface area contributed by atoms with Crippen LogP contribution in [0.1, 0.15) is 22.4 Å².